The number of likely N-dealkylation sites (N-methyl/N-ethyl adjacent to an activating group) is 1. The maximum absolute atomic E-state index is 11.7. The van der Waals surface area contributed by atoms with Gasteiger partial charge in [0.2, 0.25) is 5.91 Å². The monoisotopic (exact) mass is 327 g/mol. The molecule has 0 bridgehead atoms. The van der Waals surface area contributed by atoms with Gasteiger partial charge < -0.3 is 11.1 Å². The zero-order valence-corrected chi connectivity index (χ0v) is 13.3. The summed E-state index contributed by atoms with van der Waals surface area (Å²) in [5.74, 6) is 0.0573. The van der Waals surface area contributed by atoms with Crippen molar-refractivity contribution in [1.29, 1.82) is 0 Å². The molecule has 4 nitrogen and oxygen atoms in total. The van der Waals surface area contributed by atoms with Crippen LogP contribution in [0.5, 0.6) is 0 Å². The van der Waals surface area contributed by atoms with E-state index in [-0.39, 0.29) is 11.9 Å². The zero-order valence-electron chi connectivity index (χ0n) is 11.7. The van der Waals surface area contributed by atoms with Crippen LogP contribution in [-0.4, -0.2) is 29.9 Å². The minimum absolute atomic E-state index is 0.0573. The molecule has 106 valence electrons. The first-order chi connectivity index (χ1) is 8.92. The predicted molar refractivity (Wildman–Crippen MR) is 82.8 cm³/mol. The topological polar surface area (TPSA) is 58.4 Å². The van der Waals surface area contributed by atoms with Gasteiger partial charge in [0.05, 0.1) is 6.54 Å². The molecule has 0 unspecified atom stereocenters. The van der Waals surface area contributed by atoms with E-state index in [1.165, 1.54) is 0 Å². The third-order valence-electron chi connectivity index (χ3n) is 2.73. The molecule has 0 aliphatic heterocycles. The fourth-order valence-electron chi connectivity index (χ4n) is 1.80. The van der Waals surface area contributed by atoms with E-state index < -0.39 is 0 Å². The number of nitrogens with two attached hydrogens (primary N) is 1. The van der Waals surface area contributed by atoms with Crippen LogP contribution in [0.4, 0.5) is 5.69 Å². The summed E-state index contributed by atoms with van der Waals surface area (Å²) >= 11 is 3.38. The Bertz CT molecular complexity index is 435. The van der Waals surface area contributed by atoms with E-state index in [1.807, 2.05) is 39.0 Å². The van der Waals surface area contributed by atoms with Crippen LogP contribution in [0.15, 0.2) is 22.7 Å². The van der Waals surface area contributed by atoms with E-state index in [4.69, 9.17) is 5.73 Å². The minimum Gasteiger partial charge on any atom is -0.398 e. The Kier molecular flexibility index (Phi) is 6.31. The SMILES string of the molecule is CCN(CC(=O)NC(C)C)Cc1ccc(Br)c(N)c1. The van der Waals surface area contributed by atoms with Crippen LogP contribution in [0.3, 0.4) is 0 Å². The van der Waals surface area contributed by atoms with Gasteiger partial charge in [0.15, 0.2) is 0 Å². The van der Waals surface area contributed by atoms with E-state index in [0.717, 1.165) is 28.8 Å². The summed E-state index contributed by atoms with van der Waals surface area (Å²) in [6.07, 6.45) is 0. The van der Waals surface area contributed by atoms with Crippen LogP contribution in [0.1, 0.15) is 26.3 Å². The lowest BCUT2D eigenvalue weighted by atomic mass is 10.2. The lowest BCUT2D eigenvalue weighted by Crippen LogP contribution is -2.39. The zero-order chi connectivity index (χ0) is 14.4. The second-order valence-electron chi connectivity index (χ2n) is 4.88. The van der Waals surface area contributed by atoms with E-state index in [9.17, 15) is 4.79 Å². The molecule has 0 saturated heterocycles. The molecule has 1 rings (SSSR count). The van der Waals surface area contributed by atoms with Crippen molar-refractivity contribution in [3.63, 3.8) is 0 Å². The number of amides is 1. The number of hydrogen-bond acceptors (Lipinski definition) is 3. The molecule has 0 aliphatic rings. The summed E-state index contributed by atoms with van der Waals surface area (Å²) in [5, 5.41) is 2.90. The summed E-state index contributed by atoms with van der Waals surface area (Å²) in [7, 11) is 0. The highest BCUT2D eigenvalue weighted by molar-refractivity contribution is 9.10. The molecule has 0 spiro atoms. The van der Waals surface area contributed by atoms with Gasteiger partial charge in [0, 0.05) is 22.7 Å². The molecule has 0 saturated carbocycles. The van der Waals surface area contributed by atoms with Crippen molar-refractivity contribution >= 4 is 27.5 Å². The first-order valence-corrected chi connectivity index (χ1v) is 7.27. The summed E-state index contributed by atoms with van der Waals surface area (Å²) in [5.41, 5.74) is 7.69. The van der Waals surface area contributed by atoms with E-state index in [0.29, 0.717) is 6.54 Å². The molecular weight excluding hydrogens is 306 g/mol. The van der Waals surface area contributed by atoms with Crippen molar-refractivity contribution in [3.05, 3.63) is 28.2 Å². The van der Waals surface area contributed by atoms with Gasteiger partial charge in [-0.1, -0.05) is 13.0 Å². The number of anilines is 1. The molecule has 1 aromatic rings. The van der Waals surface area contributed by atoms with Crippen LogP contribution in [0.2, 0.25) is 0 Å². The summed E-state index contributed by atoms with van der Waals surface area (Å²) in [6.45, 7) is 7.92. The fourth-order valence-corrected chi connectivity index (χ4v) is 2.05. The van der Waals surface area contributed by atoms with Crippen molar-refractivity contribution < 1.29 is 4.79 Å². The van der Waals surface area contributed by atoms with Gasteiger partial charge in [-0.3, -0.25) is 9.69 Å². The number of nitrogens with one attached hydrogen (secondary N) is 1. The third kappa shape index (κ3) is 5.61. The maximum Gasteiger partial charge on any atom is 0.234 e. The molecule has 0 atom stereocenters. The van der Waals surface area contributed by atoms with Gasteiger partial charge in [-0.2, -0.15) is 0 Å². The number of nitrogens with zero attached hydrogens (tertiary/aromatic N) is 1. The molecule has 3 N–H and O–H groups in total. The Morgan fingerprint density at radius 2 is 2.16 bits per heavy atom. The number of halogens is 1. The molecule has 1 aromatic carbocycles. The number of hydrogen-bond donors (Lipinski definition) is 2. The number of benzene rings is 1. The molecule has 0 heterocycles. The molecule has 0 fully saturated rings. The Morgan fingerprint density at radius 1 is 1.47 bits per heavy atom. The van der Waals surface area contributed by atoms with Gasteiger partial charge >= 0.3 is 0 Å². The van der Waals surface area contributed by atoms with E-state index in [1.54, 1.807) is 0 Å². The van der Waals surface area contributed by atoms with E-state index >= 15 is 0 Å². The largest absolute Gasteiger partial charge is 0.398 e. The molecular formula is C14H22BrN3O. The summed E-state index contributed by atoms with van der Waals surface area (Å²) in [4.78, 5) is 13.8. The van der Waals surface area contributed by atoms with Crippen molar-refractivity contribution in [2.75, 3.05) is 18.8 Å². The Hall–Kier alpha value is -1.07. The molecule has 5 heteroatoms. The molecule has 19 heavy (non-hydrogen) atoms. The van der Waals surface area contributed by atoms with Gasteiger partial charge in [-0.15, -0.1) is 0 Å². The number of nitrogen functional groups attached to an aromatic ring is 1. The highest BCUT2D eigenvalue weighted by atomic mass is 79.9. The summed E-state index contributed by atoms with van der Waals surface area (Å²) in [6, 6.07) is 6.07. The van der Waals surface area contributed by atoms with Crippen molar-refractivity contribution in [1.82, 2.24) is 10.2 Å². The lowest BCUT2D eigenvalue weighted by molar-refractivity contribution is -0.122. The van der Waals surface area contributed by atoms with E-state index in [2.05, 4.69) is 26.1 Å². The Labute approximate surface area is 123 Å². The van der Waals surface area contributed by atoms with Crippen LogP contribution in [0.25, 0.3) is 0 Å². The predicted octanol–water partition coefficient (Wildman–Crippen LogP) is 2.38. The smallest absolute Gasteiger partial charge is 0.234 e. The van der Waals surface area contributed by atoms with Gasteiger partial charge in [0.1, 0.15) is 0 Å². The molecule has 0 aliphatic carbocycles. The Morgan fingerprint density at radius 3 is 2.68 bits per heavy atom. The Balaban J connectivity index is 2.61. The minimum atomic E-state index is 0.0573. The first-order valence-electron chi connectivity index (χ1n) is 6.48. The van der Waals surface area contributed by atoms with Gasteiger partial charge in [-0.25, -0.2) is 0 Å². The lowest BCUT2D eigenvalue weighted by Gasteiger charge is -2.21. The highest BCUT2D eigenvalue weighted by Gasteiger charge is 2.11. The molecule has 0 radical (unpaired) electrons. The van der Waals surface area contributed by atoms with Crippen LogP contribution in [-0.2, 0) is 11.3 Å². The molecule has 1 amide bonds. The van der Waals surface area contributed by atoms with Crippen LogP contribution in [0, 0.1) is 0 Å². The standard InChI is InChI=1S/C14H22BrN3O/c1-4-18(9-14(19)17-10(2)3)8-11-5-6-12(15)13(16)7-11/h5-7,10H,4,8-9,16H2,1-3H3,(H,17,19). The van der Waals surface area contributed by atoms with Crippen molar-refractivity contribution in [2.45, 2.75) is 33.4 Å². The van der Waals surface area contributed by atoms with Crippen molar-refractivity contribution in [3.8, 4) is 0 Å². The van der Waals surface area contributed by atoms with Crippen LogP contribution < -0.4 is 11.1 Å². The highest BCUT2D eigenvalue weighted by Crippen LogP contribution is 2.20. The van der Waals surface area contributed by atoms with Crippen molar-refractivity contribution in [2.24, 2.45) is 0 Å². The number of rotatable bonds is 6. The fraction of sp³-hybridized carbons (Fsp3) is 0.500. The average molecular weight is 328 g/mol. The third-order valence-corrected chi connectivity index (χ3v) is 3.45. The van der Waals surface area contributed by atoms with Gasteiger partial charge in [-0.05, 0) is 54.0 Å². The number of carbonyl (C=O) groups excluding carboxylic acids is 1. The first kappa shape index (κ1) is 16.0. The number of carbonyl (C=O) groups is 1. The second-order valence-corrected chi connectivity index (χ2v) is 5.74. The molecule has 0 aromatic heterocycles. The van der Waals surface area contributed by atoms with Crippen LogP contribution >= 0.6 is 15.9 Å². The maximum atomic E-state index is 11.7. The average Bonchev–Trinajstić information content (AvgIpc) is 2.32. The summed E-state index contributed by atoms with van der Waals surface area (Å²) < 4.78 is 0.900. The quantitative estimate of drug-likeness (QED) is 0.788. The normalized spacial score (nSPS) is 11.1. The van der Waals surface area contributed by atoms with Gasteiger partial charge in [0.25, 0.3) is 0 Å². The second kappa shape index (κ2) is 7.50.